The van der Waals surface area contributed by atoms with Crippen LogP contribution >= 0.6 is 0 Å². The number of aromatic nitrogens is 2. The minimum Gasteiger partial charge on any atom is -0.302 e. The van der Waals surface area contributed by atoms with Crippen molar-refractivity contribution in [1.82, 2.24) is 9.38 Å². The highest BCUT2D eigenvalue weighted by atomic mass is 19.4. The zero-order chi connectivity index (χ0) is 13.3. The number of alkyl halides is 3. The van der Waals surface area contributed by atoms with Gasteiger partial charge in [0.15, 0.2) is 0 Å². The highest BCUT2D eigenvalue weighted by Gasteiger charge is 2.42. The third kappa shape index (κ3) is 1.93. The molecule has 0 aliphatic heterocycles. The van der Waals surface area contributed by atoms with Crippen molar-refractivity contribution in [3.8, 4) is 6.07 Å². The zero-order valence-electron chi connectivity index (χ0n) is 8.90. The van der Waals surface area contributed by atoms with Gasteiger partial charge in [-0.1, -0.05) is 6.07 Å². The number of Topliss-reactive ketones (excluding diaryl/α,β-unsaturated/α-hetero) is 1. The molecule has 0 aromatic carbocycles. The maximum Gasteiger partial charge on any atom is 0.456 e. The summed E-state index contributed by atoms with van der Waals surface area (Å²) in [6, 6.07) is 6.23. The Morgan fingerprint density at radius 3 is 2.78 bits per heavy atom. The van der Waals surface area contributed by atoms with E-state index in [-0.39, 0.29) is 17.8 Å². The molecule has 4 nitrogen and oxygen atoms in total. The number of rotatable bonds is 2. The maximum atomic E-state index is 12.4. The van der Waals surface area contributed by atoms with Gasteiger partial charge in [-0.3, -0.25) is 4.79 Å². The molecule has 0 radical (unpaired) electrons. The summed E-state index contributed by atoms with van der Waals surface area (Å²) in [6.45, 7) is 0. The van der Waals surface area contributed by atoms with Gasteiger partial charge in [0.25, 0.3) is 5.78 Å². The SMILES string of the molecule is N#CCc1nc(C(=O)C(F)(F)F)c2ccccn12. The molecular formula is C11H6F3N3O. The Labute approximate surface area is 99.3 Å². The molecule has 0 saturated carbocycles. The summed E-state index contributed by atoms with van der Waals surface area (Å²) in [7, 11) is 0. The Bertz CT molecular complexity index is 652. The van der Waals surface area contributed by atoms with Crippen LogP contribution in [-0.4, -0.2) is 21.3 Å². The van der Waals surface area contributed by atoms with Crippen LogP contribution in [0.3, 0.4) is 0 Å². The summed E-state index contributed by atoms with van der Waals surface area (Å²) >= 11 is 0. The van der Waals surface area contributed by atoms with Crippen molar-refractivity contribution < 1.29 is 18.0 Å². The first-order chi connectivity index (χ1) is 8.45. The highest BCUT2D eigenvalue weighted by molar-refractivity contribution is 6.04. The molecule has 18 heavy (non-hydrogen) atoms. The molecule has 2 heterocycles. The van der Waals surface area contributed by atoms with Crippen LogP contribution in [0.15, 0.2) is 24.4 Å². The van der Waals surface area contributed by atoms with Gasteiger partial charge in [-0.25, -0.2) is 4.98 Å². The number of halogens is 3. The summed E-state index contributed by atoms with van der Waals surface area (Å²) in [5, 5.41) is 8.58. The lowest BCUT2D eigenvalue weighted by atomic mass is 10.2. The van der Waals surface area contributed by atoms with E-state index in [0.29, 0.717) is 0 Å². The van der Waals surface area contributed by atoms with Gasteiger partial charge in [0.2, 0.25) is 0 Å². The lowest BCUT2D eigenvalue weighted by Gasteiger charge is -2.02. The fraction of sp³-hybridized carbons (Fsp3) is 0.182. The van der Waals surface area contributed by atoms with Crippen molar-refractivity contribution in [3.05, 3.63) is 35.9 Å². The Balaban J connectivity index is 2.66. The van der Waals surface area contributed by atoms with E-state index in [9.17, 15) is 18.0 Å². The van der Waals surface area contributed by atoms with Crippen molar-refractivity contribution in [3.63, 3.8) is 0 Å². The molecule has 0 atom stereocenters. The minimum atomic E-state index is -4.98. The second kappa shape index (κ2) is 4.14. The summed E-state index contributed by atoms with van der Waals surface area (Å²) in [5.41, 5.74) is -0.626. The minimum absolute atomic E-state index is 0.0464. The Kier molecular flexibility index (Phi) is 2.79. The van der Waals surface area contributed by atoms with E-state index >= 15 is 0 Å². The maximum absolute atomic E-state index is 12.4. The third-order valence-corrected chi connectivity index (χ3v) is 2.33. The number of carbonyl (C=O) groups excluding carboxylic acids is 1. The lowest BCUT2D eigenvalue weighted by molar-refractivity contribution is -0.0887. The number of hydrogen-bond donors (Lipinski definition) is 0. The number of pyridine rings is 1. The molecule has 0 saturated heterocycles. The molecule has 0 fully saturated rings. The number of fused-ring (bicyclic) bond motifs is 1. The van der Waals surface area contributed by atoms with E-state index in [1.165, 1.54) is 22.7 Å². The lowest BCUT2D eigenvalue weighted by Crippen LogP contribution is -2.23. The average Bonchev–Trinajstić information content (AvgIpc) is 2.67. The predicted octanol–water partition coefficient (Wildman–Crippen LogP) is 2.15. The molecule has 0 aliphatic carbocycles. The number of nitriles is 1. The van der Waals surface area contributed by atoms with E-state index in [1.54, 1.807) is 12.1 Å². The topological polar surface area (TPSA) is 58.2 Å². The van der Waals surface area contributed by atoms with Crippen molar-refractivity contribution in [2.75, 3.05) is 0 Å². The first-order valence-corrected chi connectivity index (χ1v) is 4.89. The van der Waals surface area contributed by atoms with Crippen LogP contribution in [0.1, 0.15) is 16.3 Å². The average molecular weight is 253 g/mol. The van der Waals surface area contributed by atoms with Gasteiger partial charge < -0.3 is 4.40 Å². The molecule has 92 valence electrons. The van der Waals surface area contributed by atoms with Gasteiger partial charge in [-0.15, -0.1) is 0 Å². The van der Waals surface area contributed by atoms with Crippen LogP contribution in [0.5, 0.6) is 0 Å². The van der Waals surface area contributed by atoms with Crippen LogP contribution < -0.4 is 0 Å². The Morgan fingerprint density at radius 2 is 2.17 bits per heavy atom. The third-order valence-electron chi connectivity index (χ3n) is 2.33. The Hall–Kier alpha value is -2.36. The normalized spacial score (nSPS) is 11.4. The van der Waals surface area contributed by atoms with E-state index in [2.05, 4.69) is 4.98 Å². The molecule has 0 spiro atoms. The second-order valence-electron chi connectivity index (χ2n) is 3.49. The highest BCUT2D eigenvalue weighted by Crippen LogP contribution is 2.24. The summed E-state index contributed by atoms with van der Waals surface area (Å²) in [5.74, 6) is -1.89. The summed E-state index contributed by atoms with van der Waals surface area (Å²) in [4.78, 5) is 14.8. The first kappa shape index (κ1) is 12.1. The molecular weight excluding hydrogens is 247 g/mol. The van der Waals surface area contributed by atoms with E-state index in [0.717, 1.165) is 0 Å². The fourth-order valence-electron chi connectivity index (χ4n) is 1.60. The van der Waals surface area contributed by atoms with Crippen LogP contribution in [0.2, 0.25) is 0 Å². The van der Waals surface area contributed by atoms with Crippen LogP contribution in [-0.2, 0) is 6.42 Å². The molecule has 2 aromatic heterocycles. The van der Waals surface area contributed by atoms with E-state index in [4.69, 9.17) is 5.26 Å². The summed E-state index contributed by atoms with van der Waals surface area (Å²) < 4.78 is 38.5. The molecule has 7 heteroatoms. The first-order valence-electron chi connectivity index (χ1n) is 4.89. The number of nitrogens with zero attached hydrogens (tertiary/aromatic N) is 3. The quantitative estimate of drug-likeness (QED) is 0.770. The van der Waals surface area contributed by atoms with Crippen molar-refractivity contribution in [2.45, 2.75) is 12.6 Å². The van der Waals surface area contributed by atoms with Gasteiger partial charge in [-0.2, -0.15) is 18.4 Å². The van der Waals surface area contributed by atoms with Crippen LogP contribution in [0.25, 0.3) is 5.52 Å². The molecule has 0 aliphatic rings. The number of carbonyl (C=O) groups is 1. The molecule has 0 N–H and O–H groups in total. The molecule has 0 unspecified atom stereocenters. The monoisotopic (exact) mass is 253 g/mol. The van der Waals surface area contributed by atoms with Crippen molar-refractivity contribution in [2.24, 2.45) is 0 Å². The van der Waals surface area contributed by atoms with Gasteiger partial charge in [0.1, 0.15) is 11.5 Å². The van der Waals surface area contributed by atoms with Gasteiger partial charge in [0, 0.05) is 6.20 Å². The molecule has 2 aromatic rings. The smallest absolute Gasteiger partial charge is 0.302 e. The predicted molar refractivity (Wildman–Crippen MR) is 54.9 cm³/mol. The van der Waals surface area contributed by atoms with E-state index in [1.807, 2.05) is 0 Å². The van der Waals surface area contributed by atoms with Crippen molar-refractivity contribution >= 4 is 11.3 Å². The van der Waals surface area contributed by atoms with Gasteiger partial charge in [0.05, 0.1) is 18.0 Å². The van der Waals surface area contributed by atoms with Gasteiger partial charge in [-0.05, 0) is 12.1 Å². The molecule has 2 rings (SSSR count). The van der Waals surface area contributed by atoms with E-state index < -0.39 is 17.7 Å². The molecule has 0 amide bonds. The fourth-order valence-corrected chi connectivity index (χ4v) is 1.60. The summed E-state index contributed by atoms with van der Waals surface area (Å²) in [6.07, 6.45) is -3.69. The number of hydrogen-bond acceptors (Lipinski definition) is 3. The standard InChI is InChI=1S/C11H6F3N3O/c12-11(13,14)10(18)9-7-3-1-2-6-17(7)8(16-9)4-5-15/h1-3,6H,4H2. The Morgan fingerprint density at radius 1 is 1.44 bits per heavy atom. The molecule has 0 bridgehead atoms. The largest absolute Gasteiger partial charge is 0.456 e. The number of ketones is 1. The van der Waals surface area contributed by atoms with Crippen molar-refractivity contribution in [1.29, 1.82) is 5.26 Å². The van der Waals surface area contributed by atoms with Crippen LogP contribution in [0.4, 0.5) is 13.2 Å². The van der Waals surface area contributed by atoms with Gasteiger partial charge >= 0.3 is 6.18 Å². The number of imidazole rings is 1. The van der Waals surface area contributed by atoms with Crippen LogP contribution in [0, 0.1) is 11.3 Å². The second-order valence-corrected chi connectivity index (χ2v) is 3.49. The zero-order valence-corrected chi connectivity index (χ0v) is 8.90.